The van der Waals surface area contributed by atoms with Crippen molar-refractivity contribution in [1.29, 1.82) is 0 Å². The van der Waals surface area contributed by atoms with Gasteiger partial charge in [0.05, 0.1) is 12.8 Å². The van der Waals surface area contributed by atoms with E-state index in [4.69, 9.17) is 0 Å². The first-order chi connectivity index (χ1) is 8.95. The molecule has 6 nitrogen and oxygen atoms in total. The van der Waals surface area contributed by atoms with Crippen molar-refractivity contribution in [1.82, 2.24) is 14.6 Å². The Bertz CT molecular complexity index is 541. The molecule has 1 aliphatic rings. The molecular formula is C12H17N3O3S. The number of nitrogens with one attached hydrogen (secondary N) is 1. The Labute approximate surface area is 112 Å². The fourth-order valence-corrected chi connectivity index (χ4v) is 2.38. The van der Waals surface area contributed by atoms with Crippen LogP contribution >= 0.6 is 0 Å². The summed E-state index contributed by atoms with van der Waals surface area (Å²) in [4.78, 5) is 15.6. The zero-order chi connectivity index (χ0) is 13.9. The van der Waals surface area contributed by atoms with Crippen molar-refractivity contribution in [3.63, 3.8) is 0 Å². The van der Waals surface area contributed by atoms with E-state index < -0.39 is 10.0 Å². The Kier molecular flexibility index (Phi) is 4.16. The molecule has 0 radical (unpaired) electrons. The lowest BCUT2D eigenvalue weighted by Gasteiger charge is -2.19. The van der Waals surface area contributed by atoms with Crippen molar-refractivity contribution in [2.45, 2.75) is 25.4 Å². The molecule has 1 heterocycles. The minimum atomic E-state index is -3.43. The summed E-state index contributed by atoms with van der Waals surface area (Å²) in [6.07, 6.45) is 6.28. The van der Waals surface area contributed by atoms with Gasteiger partial charge in [-0.3, -0.25) is 9.78 Å². The maximum absolute atomic E-state index is 11.7. The Morgan fingerprint density at radius 1 is 1.53 bits per heavy atom. The number of aromatic nitrogens is 1. The zero-order valence-corrected chi connectivity index (χ0v) is 11.6. The van der Waals surface area contributed by atoms with Gasteiger partial charge in [-0.25, -0.2) is 8.42 Å². The van der Waals surface area contributed by atoms with Gasteiger partial charge in [0.2, 0.25) is 15.9 Å². The molecule has 0 saturated heterocycles. The smallest absolute Gasteiger partial charge is 0.235 e. The molecule has 104 valence electrons. The highest BCUT2D eigenvalue weighted by molar-refractivity contribution is 7.88. The zero-order valence-electron chi connectivity index (χ0n) is 10.7. The van der Waals surface area contributed by atoms with Gasteiger partial charge < -0.3 is 5.32 Å². The third-order valence-electron chi connectivity index (χ3n) is 2.81. The van der Waals surface area contributed by atoms with E-state index in [-0.39, 0.29) is 25.0 Å². The normalized spacial score (nSPS) is 15.5. The van der Waals surface area contributed by atoms with Gasteiger partial charge in [-0.2, -0.15) is 4.31 Å². The Hall–Kier alpha value is -1.47. The average Bonchev–Trinajstić information content (AvgIpc) is 3.12. The monoisotopic (exact) mass is 283 g/mol. The lowest BCUT2D eigenvalue weighted by Crippen LogP contribution is -2.40. The van der Waals surface area contributed by atoms with Crippen molar-refractivity contribution in [2.75, 3.05) is 12.8 Å². The summed E-state index contributed by atoms with van der Waals surface area (Å²) >= 11 is 0. The summed E-state index contributed by atoms with van der Waals surface area (Å²) in [5, 5.41) is 2.78. The molecule has 1 amide bonds. The van der Waals surface area contributed by atoms with Crippen molar-refractivity contribution < 1.29 is 13.2 Å². The van der Waals surface area contributed by atoms with E-state index in [0.29, 0.717) is 0 Å². The van der Waals surface area contributed by atoms with Gasteiger partial charge in [0, 0.05) is 25.0 Å². The largest absolute Gasteiger partial charge is 0.352 e. The van der Waals surface area contributed by atoms with Crippen LogP contribution in [0.1, 0.15) is 18.4 Å². The van der Waals surface area contributed by atoms with Crippen LogP contribution in [0.5, 0.6) is 0 Å². The molecule has 0 unspecified atom stereocenters. The maximum atomic E-state index is 11.7. The molecule has 19 heavy (non-hydrogen) atoms. The first-order valence-electron chi connectivity index (χ1n) is 6.08. The number of hydrogen-bond acceptors (Lipinski definition) is 4. The van der Waals surface area contributed by atoms with E-state index in [9.17, 15) is 13.2 Å². The molecule has 7 heteroatoms. The van der Waals surface area contributed by atoms with Crippen LogP contribution in [0.3, 0.4) is 0 Å². The van der Waals surface area contributed by atoms with Crippen LogP contribution in [0.4, 0.5) is 0 Å². The number of rotatable bonds is 6. The summed E-state index contributed by atoms with van der Waals surface area (Å²) in [7, 11) is -3.43. The predicted octanol–water partition coefficient (Wildman–Crippen LogP) is 0.122. The van der Waals surface area contributed by atoms with Crippen LogP contribution < -0.4 is 5.32 Å². The SMILES string of the molecule is CS(=O)(=O)N(CC(=O)NC1CC1)Cc1cccnc1. The number of carbonyl (C=O) groups is 1. The fraction of sp³-hybridized carbons (Fsp3) is 0.500. The van der Waals surface area contributed by atoms with Crippen molar-refractivity contribution >= 4 is 15.9 Å². The van der Waals surface area contributed by atoms with Crippen LogP contribution in [0.25, 0.3) is 0 Å². The van der Waals surface area contributed by atoms with Crippen LogP contribution in [-0.4, -0.2) is 42.5 Å². The van der Waals surface area contributed by atoms with Gasteiger partial charge in [0.25, 0.3) is 0 Å². The first-order valence-corrected chi connectivity index (χ1v) is 7.93. The van der Waals surface area contributed by atoms with Crippen molar-refractivity contribution in [3.8, 4) is 0 Å². The minimum absolute atomic E-state index is 0.149. The molecule has 0 aliphatic heterocycles. The first kappa shape index (κ1) is 14.0. The lowest BCUT2D eigenvalue weighted by molar-refractivity contribution is -0.121. The van der Waals surface area contributed by atoms with E-state index in [2.05, 4.69) is 10.3 Å². The second-order valence-corrected chi connectivity index (χ2v) is 6.72. The molecule has 0 atom stereocenters. The molecule has 1 aliphatic carbocycles. The summed E-state index contributed by atoms with van der Waals surface area (Å²) < 4.78 is 24.6. The molecule has 1 aromatic rings. The van der Waals surface area contributed by atoms with E-state index >= 15 is 0 Å². The highest BCUT2D eigenvalue weighted by Gasteiger charge is 2.26. The summed E-state index contributed by atoms with van der Waals surface area (Å²) in [5.74, 6) is -0.253. The van der Waals surface area contributed by atoms with Gasteiger partial charge in [0.1, 0.15) is 0 Å². The molecule has 1 aromatic heterocycles. The summed E-state index contributed by atoms with van der Waals surface area (Å²) in [5.41, 5.74) is 0.757. The third-order valence-corrected chi connectivity index (χ3v) is 4.01. The molecule has 0 bridgehead atoms. The Morgan fingerprint density at radius 2 is 2.26 bits per heavy atom. The average molecular weight is 283 g/mol. The summed E-state index contributed by atoms with van der Waals surface area (Å²) in [6, 6.07) is 3.75. The predicted molar refractivity (Wildman–Crippen MR) is 70.7 cm³/mol. The van der Waals surface area contributed by atoms with Crippen LogP contribution in [-0.2, 0) is 21.4 Å². The van der Waals surface area contributed by atoms with Crippen molar-refractivity contribution in [2.24, 2.45) is 0 Å². The molecule has 1 N–H and O–H groups in total. The fourth-order valence-electron chi connectivity index (χ4n) is 1.65. The molecular weight excluding hydrogens is 266 g/mol. The lowest BCUT2D eigenvalue weighted by atomic mass is 10.3. The molecule has 0 spiro atoms. The van der Waals surface area contributed by atoms with E-state index in [1.807, 2.05) is 0 Å². The van der Waals surface area contributed by atoms with Crippen molar-refractivity contribution in [3.05, 3.63) is 30.1 Å². The van der Waals surface area contributed by atoms with E-state index in [0.717, 1.165) is 29.0 Å². The van der Waals surface area contributed by atoms with E-state index in [1.165, 1.54) is 0 Å². The number of sulfonamides is 1. The second kappa shape index (κ2) is 5.66. The number of nitrogens with zero attached hydrogens (tertiary/aromatic N) is 2. The molecule has 2 rings (SSSR count). The molecule has 1 fully saturated rings. The number of pyridine rings is 1. The molecule has 0 aromatic carbocycles. The number of amides is 1. The highest BCUT2D eigenvalue weighted by atomic mass is 32.2. The Morgan fingerprint density at radius 3 is 2.79 bits per heavy atom. The van der Waals surface area contributed by atoms with E-state index in [1.54, 1.807) is 24.5 Å². The molecule has 1 saturated carbocycles. The topological polar surface area (TPSA) is 79.4 Å². The minimum Gasteiger partial charge on any atom is -0.352 e. The highest BCUT2D eigenvalue weighted by Crippen LogP contribution is 2.18. The third kappa shape index (κ3) is 4.60. The quantitative estimate of drug-likeness (QED) is 0.804. The van der Waals surface area contributed by atoms with Crippen LogP contribution in [0.15, 0.2) is 24.5 Å². The second-order valence-electron chi connectivity index (χ2n) is 4.73. The number of carbonyl (C=O) groups excluding carboxylic acids is 1. The standard InChI is InChI=1S/C12H17N3O3S/c1-19(17,18)15(8-10-3-2-6-13-7-10)9-12(16)14-11-4-5-11/h2-3,6-7,11H,4-5,8-9H2,1H3,(H,14,16). The van der Waals surface area contributed by atoms with Gasteiger partial charge in [-0.1, -0.05) is 6.07 Å². The van der Waals surface area contributed by atoms with Gasteiger partial charge in [-0.05, 0) is 24.5 Å². The van der Waals surface area contributed by atoms with Gasteiger partial charge >= 0.3 is 0 Å². The van der Waals surface area contributed by atoms with Crippen LogP contribution in [0.2, 0.25) is 0 Å². The van der Waals surface area contributed by atoms with Gasteiger partial charge in [-0.15, -0.1) is 0 Å². The Balaban J connectivity index is 2.01. The summed E-state index contributed by atoms with van der Waals surface area (Å²) in [6.45, 7) is 0.00892. The maximum Gasteiger partial charge on any atom is 0.235 e. The van der Waals surface area contributed by atoms with Crippen LogP contribution in [0, 0.1) is 0 Å². The van der Waals surface area contributed by atoms with Gasteiger partial charge in [0.15, 0.2) is 0 Å². The number of hydrogen-bond donors (Lipinski definition) is 1.